The van der Waals surface area contributed by atoms with Crippen molar-refractivity contribution in [3.8, 4) is 62.7 Å². The highest BCUT2D eigenvalue weighted by atomic mass is 32.1. The Morgan fingerprint density at radius 1 is 0.500 bits per heavy atom. The predicted octanol–water partition coefficient (Wildman–Crippen LogP) is 12.3. The minimum Gasteiger partial charge on any atom is -0.306 e. The van der Waals surface area contributed by atoms with Crippen LogP contribution >= 0.6 is 11.3 Å². The summed E-state index contributed by atoms with van der Waals surface area (Å²) < 4.78 is 165. The van der Waals surface area contributed by atoms with Gasteiger partial charge in [-0.25, -0.2) is 0 Å². The van der Waals surface area contributed by atoms with Gasteiger partial charge in [0.15, 0.2) is 0 Å². The minimum absolute atomic E-state index is 0.00252. The maximum absolute atomic E-state index is 13.8. The molecule has 1 atom stereocenters. The molecule has 1 N–H and O–H groups in total. The molecule has 1 aliphatic heterocycles. The van der Waals surface area contributed by atoms with Crippen molar-refractivity contribution in [3.63, 3.8) is 0 Å². The van der Waals surface area contributed by atoms with Gasteiger partial charge in [-0.2, -0.15) is 68.5 Å². The second kappa shape index (κ2) is 12.8. The number of halogens is 12. The fourth-order valence-corrected chi connectivity index (χ4v) is 8.77. The lowest BCUT2D eigenvalue weighted by Gasteiger charge is -2.15. The molecule has 2 heterocycles. The minimum atomic E-state index is -5.14. The fraction of sp³-hybridized carbons (Fsp3) is 0.146. The van der Waals surface area contributed by atoms with Gasteiger partial charge < -0.3 is 5.32 Å². The molecule has 4 nitrogen and oxygen atoms in total. The van der Waals surface area contributed by atoms with Crippen LogP contribution in [0.4, 0.5) is 52.7 Å². The Balaban J connectivity index is 1.37. The zero-order chi connectivity index (χ0) is 41.9. The van der Waals surface area contributed by atoms with Crippen LogP contribution < -0.4 is 5.32 Å². The fourth-order valence-electron chi connectivity index (χ4n) is 7.31. The van der Waals surface area contributed by atoms with Crippen LogP contribution in [0.5, 0.6) is 0 Å². The van der Waals surface area contributed by atoms with Crippen molar-refractivity contribution < 1.29 is 52.7 Å². The van der Waals surface area contributed by atoms with Gasteiger partial charge in [0.1, 0.15) is 17.7 Å². The van der Waals surface area contributed by atoms with Crippen LogP contribution in [0.3, 0.4) is 0 Å². The normalized spacial score (nSPS) is 16.4. The monoisotopic (exact) mass is 824 g/mol. The molecule has 5 aromatic rings. The Labute approximate surface area is 322 Å². The summed E-state index contributed by atoms with van der Waals surface area (Å²) in [6.07, 6.45) is -20.5. The highest BCUT2D eigenvalue weighted by Gasteiger charge is 2.43. The first-order valence-electron chi connectivity index (χ1n) is 16.6. The summed E-state index contributed by atoms with van der Waals surface area (Å²) in [5.41, 5.74) is -5.14. The number of rotatable bonds is 3. The van der Waals surface area contributed by atoms with Crippen LogP contribution in [-0.2, 0) is 24.7 Å². The molecule has 0 saturated carbocycles. The Morgan fingerprint density at radius 2 is 0.879 bits per heavy atom. The van der Waals surface area contributed by atoms with E-state index in [2.05, 4.69) is 11.4 Å². The number of benzene rings is 4. The molecule has 2 aliphatic carbocycles. The Kier molecular flexibility index (Phi) is 8.52. The van der Waals surface area contributed by atoms with E-state index in [9.17, 15) is 68.5 Å². The van der Waals surface area contributed by atoms with Crippen molar-refractivity contribution in [3.05, 3.63) is 127 Å². The molecule has 1 fully saturated rings. The standard InChI is InChI=1S/C41H16F12N4S/c42-38(43,44)22-5-19(6-23(11-22)39(45,46)47)17-1-3-26-28(9-17)32(21(13-54)14-55)36-34(26)35-27-4-2-18(10-29(27)33(37(35)58-36)30(15-56)31-16-57-31)20-7-24(40(48,49)50)12-25(8-20)41(51,52)53/h1-12,31,57H,16H2/b33-30-. The van der Waals surface area contributed by atoms with Gasteiger partial charge in [-0.1, -0.05) is 24.3 Å². The van der Waals surface area contributed by atoms with E-state index in [1.165, 1.54) is 36.4 Å². The van der Waals surface area contributed by atoms with Crippen LogP contribution in [0.15, 0.2) is 83.9 Å². The Bertz CT molecular complexity index is 2750. The highest BCUT2D eigenvalue weighted by molar-refractivity contribution is 7.16. The quantitative estimate of drug-likeness (QED) is 0.109. The second-order valence-corrected chi connectivity index (χ2v) is 14.5. The summed E-state index contributed by atoms with van der Waals surface area (Å²) in [6, 6.07) is 15.6. The summed E-state index contributed by atoms with van der Waals surface area (Å²) in [4.78, 5) is 0.744. The molecule has 1 unspecified atom stereocenters. The smallest absolute Gasteiger partial charge is 0.306 e. The van der Waals surface area contributed by atoms with Gasteiger partial charge in [0.2, 0.25) is 0 Å². The number of alkyl halides is 12. The van der Waals surface area contributed by atoms with E-state index in [1.807, 2.05) is 0 Å². The van der Waals surface area contributed by atoms with Crippen LogP contribution in [0.2, 0.25) is 0 Å². The molecule has 290 valence electrons. The molecule has 0 bridgehead atoms. The first kappa shape index (κ1) is 38.5. The first-order chi connectivity index (χ1) is 27.1. The number of hydrogen-bond acceptors (Lipinski definition) is 5. The van der Waals surface area contributed by atoms with Gasteiger partial charge in [0.25, 0.3) is 0 Å². The average Bonchev–Trinajstić information content (AvgIpc) is 3.77. The zero-order valence-corrected chi connectivity index (χ0v) is 29.3. The molecule has 0 radical (unpaired) electrons. The molecule has 3 aliphatic rings. The molecule has 58 heavy (non-hydrogen) atoms. The molecule has 0 amide bonds. The summed E-state index contributed by atoms with van der Waals surface area (Å²) in [6.45, 7) is 0.375. The van der Waals surface area contributed by atoms with E-state index in [-0.39, 0.29) is 45.5 Å². The van der Waals surface area contributed by atoms with E-state index >= 15 is 0 Å². The Hall–Kier alpha value is -6.35. The van der Waals surface area contributed by atoms with Gasteiger partial charge in [0, 0.05) is 38.6 Å². The lowest BCUT2D eigenvalue weighted by atomic mass is 9.92. The number of hydrogen-bond donors (Lipinski definition) is 1. The molecule has 8 rings (SSSR count). The lowest BCUT2D eigenvalue weighted by Crippen LogP contribution is -2.11. The maximum Gasteiger partial charge on any atom is 0.416 e. The third kappa shape index (κ3) is 6.29. The molecular weight excluding hydrogens is 809 g/mol. The number of allylic oxidation sites excluding steroid dienone is 1. The lowest BCUT2D eigenvalue weighted by molar-refractivity contribution is -0.144. The van der Waals surface area contributed by atoms with E-state index < -0.39 is 69.7 Å². The van der Waals surface area contributed by atoms with E-state index in [0.717, 1.165) is 11.3 Å². The molecule has 17 heteroatoms. The van der Waals surface area contributed by atoms with Crippen molar-refractivity contribution >= 4 is 22.5 Å². The third-order valence-corrected chi connectivity index (χ3v) is 11.2. The third-order valence-electron chi connectivity index (χ3n) is 9.94. The highest BCUT2D eigenvalue weighted by Crippen LogP contribution is 2.62. The molecule has 4 aromatic carbocycles. The van der Waals surface area contributed by atoms with Gasteiger partial charge in [-0.15, -0.1) is 11.3 Å². The van der Waals surface area contributed by atoms with Crippen LogP contribution in [-0.4, -0.2) is 12.6 Å². The first-order valence-corrected chi connectivity index (χ1v) is 17.4. The van der Waals surface area contributed by atoms with Crippen molar-refractivity contribution in [2.24, 2.45) is 0 Å². The van der Waals surface area contributed by atoms with E-state index in [0.29, 0.717) is 68.4 Å². The van der Waals surface area contributed by atoms with Crippen LogP contribution in [0.1, 0.15) is 43.1 Å². The number of thiophene rings is 1. The van der Waals surface area contributed by atoms with Gasteiger partial charge in [-0.3, -0.25) is 0 Å². The van der Waals surface area contributed by atoms with Crippen molar-refractivity contribution in [2.75, 3.05) is 6.54 Å². The molecular formula is C41H16F12N4S. The van der Waals surface area contributed by atoms with Gasteiger partial charge >= 0.3 is 24.7 Å². The van der Waals surface area contributed by atoms with Gasteiger partial charge in [0.05, 0.1) is 39.9 Å². The van der Waals surface area contributed by atoms with Crippen LogP contribution in [0.25, 0.3) is 55.7 Å². The van der Waals surface area contributed by atoms with Crippen molar-refractivity contribution in [1.29, 1.82) is 15.8 Å². The zero-order valence-electron chi connectivity index (χ0n) is 28.5. The maximum atomic E-state index is 13.8. The molecule has 1 saturated heterocycles. The largest absolute Gasteiger partial charge is 0.416 e. The molecule has 1 aromatic heterocycles. The number of nitriles is 3. The predicted molar refractivity (Wildman–Crippen MR) is 187 cm³/mol. The average molecular weight is 825 g/mol. The number of fused-ring (bicyclic) bond motifs is 7. The summed E-state index contributed by atoms with van der Waals surface area (Å²) in [7, 11) is 0. The van der Waals surface area contributed by atoms with E-state index in [4.69, 9.17) is 0 Å². The summed E-state index contributed by atoms with van der Waals surface area (Å²) >= 11 is 1.02. The van der Waals surface area contributed by atoms with E-state index in [1.54, 1.807) is 12.1 Å². The summed E-state index contributed by atoms with van der Waals surface area (Å²) in [5, 5.41) is 33.5. The van der Waals surface area contributed by atoms with Crippen molar-refractivity contribution in [1.82, 2.24) is 5.32 Å². The second-order valence-electron chi connectivity index (χ2n) is 13.5. The SMILES string of the molecule is N#CC(C#N)=C1c2cc(-c3cc(C(F)(F)F)cc(C(F)(F)F)c3)ccc2-c2c1sc1c2-c2ccc(-c3cc(C(F)(F)F)cc(C(F)(F)F)c3)cc2/C1=C(\C#N)C1CN1. The van der Waals surface area contributed by atoms with Gasteiger partial charge in [-0.05, 0) is 93.0 Å². The van der Waals surface area contributed by atoms with Crippen LogP contribution in [0, 0.1) is 34.0 Å². The number of nitrogens with one attached hydrogen (secondary N) is 1. The topological polar surface area (TPSA) is 93.3 Å². The molecule has 0 spiro atoms. The number of nitrogens with zero attached hydrogens (tertiary/aromatic N) is 3. The Morgan fingerprint density at radius 3 is 1.22 bits per heavy atom. The van der Waals surface area contributed by atoms with Crippen molar-refractivity contribution in [2.45, 2.75) is 30.7 Å². The summed E-state index contributed by atoms with van der Waals surface area (Å²) in [5.74, 6) is 0.